The van der Waals surface area contributed by atoms with E-state index in [0.717, 1.165) is 39.9 Å². The van der Waals surface area contributed by atoms with Crippen molar-refractivity contribution in [2.75, 3.05) is 5.32 Å². The Balaban J connectivity index is 1.96. The van der Waals surface area contributed by atoms with Gasteiger partial charge in [-0.25, -0.2) is 4.98 Å². The Labute approximate surface area is 116 Å². The largest absolute Gasteiger partial charge is 0.364 e. The lowest BCUT2D eigenvalue weighted by molar-refractivity contribution is 0.391. The molecule has 0 fully saturated rings. The minimum Gasteiger partial charge on any atom is -0.364 e. The van der Waals surface area contributed by atoms with Crippen molar-refractivity contribution in [3.05, 3.63) is 40.5 Å². The van der Waals surface area contributed by atoms with E-state index < -0.39 is 0 Å². The Morgan fingerprint density at radius 1 is 1.20 bits per heavy atom. The van der Waals surface area contributed by atoms with Crippen LogP contribution in [0.25, 0.3) is 5.65 Å². The van der Waals surface area contributed by atoms with Crippen molar-refractivity contribution in [1.29, 1.82) is 0 Å². The molecule has 6 heteroatoms. The first-order valence-corrected chi connectivity index (χ1v) is 6.54. The van der Waals surface area contributed by atoms with Gasteiger partial charge in [0, 0.05) is 23.4 Å². The van der Waals surface area contributed by atoms with Gasteiger partial charge in [0.2, 0.25) is 0 Å². The van der Waals surface area contributed by atoms with Crippen molar-refractivity contribution in [3.8, 4) is 0 Å². The van der Waals surface area contributed by atoms with Crippen LogP contribution in [0.4, 0.5) is 5.82 Å². The lowest BCUT2D eigenvalue weighted by Crippen LogP contribution is -2.07. The molecule has 0 aliphatic carbocycles. The molecule has 0 aliphatic rings. The molecule has 0 amide bonds. The van der Waals surface area contributed by atoms with Gasteiger partial charge >= 0.3 is 0 Å². The van der Waals surface area contributed by atoms with Crippen LogP contribution in [0.3, 0.4) is 0 Å². The van der Waals surface area contributed by atoms with Crippen molar-refractivity contribution < 1.29 is 4.52 Å². The molecule has 6 nitrogen and oxygen atoms in total. The highest BCUT2D eigenvalue weighted by molar-refractivity contribution is 5.55. The number of nitrogens with zero attached hydrogens (tertiary/aromatic N) is 4. The van der Waals surface area contributed by atoms with E-state index in [1.807, 2.05) is 44.3 Å². The van der Waals surface area contributed by atoms with Crippen LogP contribution in [-0.2, 0) is 6.54 Å². The van der Waals surface area contributed by atoms with Gasteiger partial charge in [-0.1, -0.05) is 5.16 Å². The fraction of sp³-hybridized carbons (Fsp3) is 0.357. The van der Waals surface area contributed by atoms with Crippen molar-refractivity contribution in [3.63, 3.8) is 0 Å². The van der Waals surface area contributed by atoms with Crippen LogP contribution in [0.15, 0.2) is 16.7 Å². The van der Waals surface area contributed by atoms with E-state index in [9.17, 15) is 0 Å². The van der Waals surface area contributed by atoms with Gasteiger partial charge in [0.1, 0.15) is 17.3 Å². The molecule has 0 unspecified atom stereocenters. The van der Waals surface area contributed by atoms with E-state index in [-0.39, 0.29) is 0 Å². The third-order valence-corrected chi connectivity index (χ3v) is 3.31. The molecule has 3 aromatic rings. The lowest BCUT2D eigenvalue weighted by atomic mass is 10.3. The average Bonchev–Trinajstić information content (AvgIpc) is 2.94. The van der Waals surface area contributed by atoms with Gasteiger partial charge in [-0.05, 0) is 27.7 Å². The van der Waals surface area contributed by atoms with Gasteiger partial charge in [0.05, 0.1) is 12.2 Å². The van der Waals surface area contributed by atoms with Crippen LogP contribution < -0.4 is 5.32 Å². The van der Waals surface area contributed by atoms with Crippen LogP contribution in [0.2, 0.25) is 0 Å². The molecule has 0 bridgehead atoms. The van der Waals surface area contributed by atoms with E-state index in [2.05, 4.69) is 20.6 Å². The van der Waals surface area contributed by atoms with Gasteiger partial charge in [-0.3, -0.25) is 0 Å². The molecule has 0 radical (unpaired) electrons. The number of rotatable bonds is 3. The van der Waals surface area contributed by atoms with E-state index in [1.165, 1.54) is 0 Å². The zero-order valence-electron chi connectivity index (χ0n) is 12.1. The lowest BCUT2D eigenvalue weighted by Gasteiger charge is -2.07. The molecule has 0 saturated carbocycles. The molecule has 3 heterocycles. The predicted molar refractivity (Wildman–Crippen MR) is 75.8 cm³/mol. The van der Waals surface area contributed by atoms with E-state index in [0.29, 0.717) is 6.54 Å². The van der Waals surface area contributed by atoms with Crippen molar-refractivity contribution in [2.24, 2.45) is 0 Å². The number of hydrogen-bond acceptors (Lipinski definition) is 5. The highest BCUT2D eigenvalue weighted by Crippen LogP contribution is 2.18. The zero-order chi connectivity index (χ0) is 14.3. The molecule has 1 N–H and O–H groups in total. The van der Waals surface area contributed by atoms with Gasteiger partial charge in [0.15, 0.2) is 5.65 Å². The second-order valence-electron chi connectivity index (χ2n) is 5.01. The number of aromatic nitrogens is 4. The van der Waals surface area contributed by atoms with E-state index >= 15 is 0 Å². The van der Waals surface area contributed by atoms with Gasteiger partial charge in [-0.2, -0.15) is 9.61 Å². The fourth-order valence-corrected chi connectivity index (χ4v) is 2.16. The molecule has 0 aliphatic heterocycles. The summed E-state index contributed by atoms with van der Waals surface area (Å²) in [6, 6.07) is 3.89. The first kappa shape index (κ1) is 12.7. The minimum atomic E-state index is 0.591. The van der Waals surface area contributed by atoms with Gasteiger partial charge in [0.25, 0.3) is 0 Å². The van der Waals surface area contributed by atoms with E-state index in [1.54, 1.807) is 0 Å². The third kappa shape index (κ3) is 2.13. The number of fused-ring (bicyclic) bond motifs is 1. The molecular weight excluding hydrogens is 254 g/mol. The monoisotopic (exact) mass is 271 g/mol. The van der Waals surface area contributed by atoms with Crippen LogP contribution in [0.1, 0.15) is 28.4 Å². The Morgan fingerprint density at radius 3 is 2.70 bits per heavy atom. The number of anilines is 1. The Kier molecular flexibility index (Phi) is 2.93. The second-order valence-corrected chi connectivity index (χ2v) is 5.01. The van der Waals surface area contributed by atoms with Crippen LogP contribution in [0, 0.1) is 27.7 Å². The van der Waals surface area contributed by atoms with Crippen molar-refractivity contribution >= 4 is 11.5 Å². The first-order chi connectivity index (χ1) is 9.54. The molecule has 20 heavy (non-hydrogen) atoms. The Bertz CT molecular complexity index is 771. The van der Waals surface area contributed by atoms with Crippen LogP contribution >= 0.6 is 0 Å². The summed E-state index contributed by atoms with van der Waals surface area (Å²) in [5, 5.41) is 11.8. The van der Waals surface area contributed by atoms with E-state index in [4.69, 9.17) is 4.52 Å². The number of nitrogens with one attached hydrogen (secondary N) is 1. The molecule has 3 aromatic heterocycles. The quantitative estimate of drug-likeness (QED) is 0.793. The minimum absolute atomic E-state index is 0.591. The maximum absolute atomic E-state index is 5.06. The standard InChI is InChI=1S/C14H17N5O/c1-8-5-13(15-7-12-6-9(2)20-18-12)19-14(16-8)10(3)11(4)17-19/h5-6,15H,7H2,1-4H3. The summed E-state index contributed by atoms with van der Waals surface area (Å²) in [5.41, 5.74) is 4.81. The molecular formula is C14H17N5O. The maximum Gasteiger partial charge on any atom is 0.160 e. The molecule has 104 valence electrons. The highest BCUT2D eigenvalue weighted by atomic mass is 16.5. The van der Waals surface area contributed by atoms with Crippen LogP contribution in [0.5, 0.6) is 0 Å². The van der Waals surface area contributed by atoms with Crippen LogP contribution in [-0.4, -0.2) is 19.8 Å². The average molecular weight is 271 g/mol. The van der Waals surface area contributed by atoms with Crippen molar-refractivity contribution in [1.82, 2.24) is 19.8 Å². The SMILES string of the molecule is Cc1cc(NCc2cc(C)on2)n2nc(C)c(C)c2n1. The summed E-state index contributed by atoms with van der Waals surface area (Å²) in [7, 11) is 0. The number of hydrogen-bond donors (Lipinski definition) is 1. The molecule has 0 atom stereocenters. The topological polar surface area (TPSA) is 68.2 Å². The molecule has 0 spiro atoms. The maximum atomic E-state index is 5.06. The smallest absolute Gasteiger partial charge is 0.160 e. The number of aryl methyl sites for hydroxylation is 4. The third-order valence-electron chi connectivity index (χ3n) is 3.31. The molecule has 0 saturated heterocycles. The summed E-state index contributed by atoms with van der Waals surface area (Å²) in [6.45, 7) is 8.48. The molecule has 0 aromatic carbocycles. The predicted octanol–water partition coefficient (Wildman–Crippen LogP) is 2.56. The van der Waals surface area contributed by atoms with Crippen molar-refractivity contribution in [2.45, 2.75) is 34.2 Å². The summed E-state index contributed by atoms with van der Waals surface area (Å²) in [4.78, 5) is 4.54. The normalized spacial score (nSPS) is 11.2. The first-order valence-electron chi connectivity index (χ1n) is 6.54. The Hall–Kier alpha value is -2.37. The zero-order valence-corrected chi connectivity index (χ0v) is 12.1. The summed E-state index contributed by atoms with van der Waals surface area (Å²) < 4.78 is 6.90. The van der Waals surface area contributed by atoms with Gasteiger partial charge in [-0.15, -0.1) is 0 Å². The second kappa shape index (κ2) is 4.63. The van der Waals surface area contributed by atoms with Gasteiger partial charge < -0.3 is 9.84 Å². The summed E-state index contributed by atoms with van der Waals surface area (Å²) in [6.07, 6.45) is 0. The Morgan fingerprint density at radius 2 is 2.00 bits per heavy atom. The summed E-state index contributed by atoms with van der Waals surface area (Å²) in [5.74, 6) is 1.72. The molecule has 3 rings (SSSR count). The highest BCUT2D eigenvalue weighted by Gasteiger charge is 2.11. The fourth-order valence-electron chi connectivity index (χ4n) is 2.16. The summed E-state index contributed by atoms with van der Waals surface area (Å²) >= 11 is 0.